The molecule has 0 fully saturated rings. The van der Waals surface area contributed by atoms with Crippen molar-refractivity contribution in [3.63, 3.8) is 0 Å². The number of pyridine rings is 1. The third-order valence-electron chi connectivity index (χ3n) is 5.22. The third kappa shape index (κ3) is 5.63. The Morgan fingerprint density at radius 1 is 1.04 bits per heavy atom. The van der Waals surface area contributed by atoms with E-state index >= 15 is 0 Å². The van der Waals surface area contributed by atoms with Gasteiger partial charge in [-0.25, -0.2) is 0 Å². The lowest BCUT2D eigenvalue weighted by Crippen LogP contribution is -2.28. The molecular formula is C21H32Cl2N2O2. The Morgan fingerprint density at radius 2 is 1.78 bits per heavy atom. The first-order valence-corrected chi connectivity index (χ1v) is 9.61. The fraction of sp³-hybridized carbons (Fsp3) is 0.571. The number of fused-ring (bicyclic) bond motifs is 2. The average Bonchev–Trinajstić information content (AvgIpc) is 2.89. The van der Waals surface area contributed by atoms with Crippen molar-refractivity contribution in [2.24, 2.45) is 0 Å². The minimum absolute atomic E-state index is 0. The molecule has 1 aliphatic carbocycles. The maximum Gasteiger partial charge on any atom is 0.133 e. The van der Waals surface area contributed by atoms with Crippen LogP contribution in [0.3, 0.4) is 0 Å². The molecule has 1 aliphatic rings. The van der Waals surface area contributed by atoms with Crippen molar-refractivity contribution in [1.29, 1.82) is 0 Å². The number of rotatable bonds is 7. The summed E-state index contributed by atoms with van der Waals surface area (Å²) in [7, 11) is 1.70. The van der Waals surface area contributed by atoms with Crippen LogP contribution >= 0.6 is 24.8 Å². The summed E-state index contributed by atoms with van der Waals surface area (Å²) in [6, 6.07) is 6.13. The number of ether oxygens (including phenoxy) is 2. The summed E-state index contributed by atoms with van der Waals surface area (Å²) in [6.45, 7) is 8.20. The van der Waals surface area contributed by atoms with Crippen LogP contribution < -0.4 is 9.47 Å². The zero-order valence-electron chi connectivity index (χ0n) is 16.6. The molecule has 0 radical (unpaired) electrons. The van der Waals surface area contributed by atoms with Crippen LogP contribution in [-0.2, 0) is 12.8 Å². The Morgan fingerprint density at radius 3 is 2.48 bits per heavy atom. The second kappa shape index (κ2) is 11.6. The molecule has 1 heterocycles. The van der Waals surface area contributed by atoms with Gasteiger partial charge in [0, 0.05) is 29.3 Å². The Kier molecular flexibility index (Phi) is 10.2. The van der Waals surface area contributed by atoms with Crippen molar-refractivity contribution in [3.8, 4) is 11.5 Å². The van der Waals surface area contributed by atoms with Crippen molar-refractivity contribution in [3.05, 3.63) is 29.5 Å². The summed E-state index contributed by atoms with van der Waals surface area (Å²) in [6.07, 6.45) is 5.84. The predicted molar refractivity (Wildman–Crippen MR) is 117 cm³/mol. The molecule has 0 N–H and O–H groups in total. The van der Waals surface area contributed by atoms with Gasteiger partial charge in [0.05, 0.1) is 12.6 Å². The first-order chi connectivity index (χ1) is 12.3. The minimum atomic E-state index is 0. The summed E-state index contributed by atoms with van der Waals surface area (Å²) >= 11 is 0. The van der Waals surface area contributed by atoms with E-state index in [-0.39, 0.29) is 24.8 Å². The lowest BCUT2D eigenvalue weighted by molar-refractivity contribution is 0.223. The van der Waals surface area contributed by atoms with Crippen LogP contribution in [0.25, 0.3) is 10.9 Å². The molecule has 3 rings (SSSR count). The van der Waals surface area contributed by atoms with Gasteiger partial charge in [0.25, 0.3) is 0 Å². The third-order valence-corrected chi connectivity index (χ3v) is 5.22. The van der Waals surface area contributed by atoms with E-state index in [2.05, 4.69) is 24.8 Å². The van der Waals surface area contributed by atoms with Gasteiger partial charge in [0.2, 0.25) is 0 Å². The maximum atomic E-state index is 6.36. The van der Waals surface area contributed by atoms with E-state index in [1.165, 1.54) is 30.5 Å². The zero-order chi connectivity index (χ0) is 17.6. The highest BCUT2D eigenvalue weighted by atomic mass is 35.5. The van der Waals surface area contributed by atoms with Gasteiger partial charge in [-0.05, 0) is 50.9 Å². The molecule has 6 heteroatoms. The zero-order valence-corrected chi connectivity index (χ0v) is 18.3. The molecule has 1 aromatic carbocycles. The van der Waals surface area contributed by atoms with Crippen LogP contribution in [0.5, 0.6) is 11.5 Å². The van der Waals surface area contributed by atoms with E-state index in [1.807, 2.05) is 12.1 Å². The highest BCUT2D eigenvalue weighted by Crippen LogP contribution is 2.36. The smallest absolute Gasteiger partial charge is 0.133 e. The average molecular weight is 415 g/mol. The molecular weight excluding hydrogens is 383 g/mol. The fourth-order valence-electron chi connectivity index (χ4n) is 3.65. The number of nitrogens with zero attached hydrogens (tertiary/aromatic N) is 2. The predicted octanol–water partition coefficient (Wildman–Crippen LogP) is 5.08. The van der Waals surface area contributed by atoms with E-state index in [4.69, 9.17) is 14.5 Å². The number of aryl methyl sites for hydroxylation is 1. The summed E-state index contributed by atoms with van der Waals surface area (Å²) in [5.41, 5.74) is 3.53. The number of methoxy groups -OCH3 is 1. The van der Waals surface area contributed by atoms with Gasteiger partial charge in [0.1, 0.15) is 18.1 Å². The van der Waals surface area contributed by atoms with E-state index in [0.717, 1.165) is 61.5 Å². The number of likely N-dealkylation sites (N-methyl/N-ethyl adjacent to an activating group) is 1. The standard InChI is InChI=1S/C21H30N2O2.2ClH/c1-4-23(5-2)13-14-25-21-17-9-7-6-8-10-19(17)22-20-15-16(24-3)11-12-18(20)21;;/h11-12,15H,4-10,13-14H2,1-3H3;2*1H. The summed E-state index contributed by atoms with van der Waals surface area (Å²) in [5.74, 6) is 1.90. The van der Waals surface area contributed by atoms with Crippen LogP contribution in [0.1, 0.15) is 44.4 Å². The molecule has 1 aromatic heterocycles. The Bertz CT molecular complexity index is 721. The Labute approximate surface area is 175 Å². The molecule has 0 spiro atoms. The van der Waals surface area contributed by atoms with Gasteiger partial charge >= 0.3 is 0 Å². The second-order valence-electron chi connectivity index (χ2n) is 6.69. The summed E-state index contributed by atoms with van der Waals surface area (Å²) < 4.78 is 11.7. The molecule has 152 valence electrons. The van der Waals surface area contributed by atoms with Crippen molar-refractivity contribution in [2.45, 2.75) is 46.0 Å². The fourth-order valence-corrected chi connectivity index (χ4v) is 3.65. The highest BCUT2D eigenvalue weighted by molar-refractivity contribution is 5.88. The first kappa shape index (κ1) is 23.8. The molecule has 0 aliphatic heterocycles. The van der Waals surface area contributed by atoms with Gasteiger partial charge in [-0.15, -0.1) is 24.8 Å². The molecule has 0 amide bonds. The van der Waals surface area contributed by atoms with Crippen LogP contribution in [0, 0.1) is 0 Å². The molecule has 0 bridgehead atoms. The molecule has 0 saturated heterocycles. The minimum Gasteiger partial charge on any atom is -0.497 e. The van der Waals surface area contributed by atoms with Gasteiger partial charge in [-0.1, -0.05) is 20.3 Å². The van der Waals surface area contributed by atoms with Gasteiger partial charge in [0.15, 0.2) is 0 Å². The number of halogens is 2. The second-order valence-corrected chi connectivity index (χ2v) is 6.69. The molecule has 2 aromatic rings. The molecule has 27 heavy (non-hydrogen) atoms. The number of aromatic nitrogens is 1. The van der Waals surface area contributed by atoms with Gasteiger partial charge < -0.3 is 14.4 Å². The number of benzene rings is 1. The highest BCUT2D eigenvalue weighted by Gasteiger charge is 2.19. The lowest BCUT2D eigenvalue weighted by atomic mass is 10.0. The topological polar surface area (TPSA) is 34.6 Å². The number of hydrogen-bond donors (Lipinski definition) is 0. The summed E-state index contributed by atoms with van der Waals surface area (Å²) in [5, 5.41) is 1.11. The molecule has 0 saturated carbocycles. The number of hydrogen-bond acceptors (Lipinski definition) is 4. The van der Waals surface area contributed by atoms with Crippen LogP contribution in [0.2, 0.25) is 0 Å². The monoisotopic (exact) mass is 414 g/mol. The molecule has 0 atom stereocenters. The maximum absolute atomic E-state index is 6.36. The van der Waals surface area contributed by atoms with Gasteiger partial charge in [-0.3, -0.25) is 4.98 Å². The molecule has 0 unspecified atom stereocenters. The van der Waals surface area contributed by atoms with Crippen LogP contribution in [0.4, 0.5) is 0 Å². The van der Waals surface area contributed by atoms with Crippen LogP contribution in [0.15, 0.2) is 18.2 Å². The van der Waals surface area contributed by atoms with E-state index in [1.54, 1.807) is 7.11 Å². The van der Waals surface area contributed by atoms with Crippen molar-refractivity contribution >= 4 is 35.7 Å². The van der Waals surface area contributed by atoms with Crippen molar-refractivity contribution in [2.75, 3.05) is 33.4 Å². The SMILES string of the molecule is CCN(CC)CCOc1c2c(nc3cc(OC)ccc13)CCCCC2.Cl.Cl. The lowest BCUT2D eigenvalue weighted by Gasteiger charge is -2.20. The van der Waals surface area contributed by atoms with E-state index in [0.29, 0.717) is 0 Å². The van der Waals surface area contributed by atoms with Gasteiger partial charge in [-0.2, -0.15) is 0 Å². The van der Waals surface area contributed by atoms with Crippen molar-refractivity contribution in [1.82, 2.24) is 9.88 Å². The normalized spacial score (nSPS) is 13.3. The van der Waals surface area contributed by atoms with Crippen molar-refractivity contribution < 1.29 is 9.47 Å². The Hall–Kier alpha value is -1.23. The molecule has 4 nitrogen and oxygen atoms in total. The van der Waals surface area contributed by atoms with E-state index < -0.39 is 0 Å². The largest absolute Gasteiger partial charge is 0.497 e. The summed E-state index contributed by atoms with van der Waals surface area (Å²) in [4.78, 5) is 7.34. The van der Waals surface area contributed by atoms with Crippen LogP contribution in [-0.4, -0.2) is 43.2 Å². The Balaban J connectivity index is 0.00000182. The first-order valence-electron chi connectivity index (χ1n) is 9.61. The quantitative estimate of drug-likeness (QED) is 0.591. The van der Waals surface area contributed by atoms with E-state index in [9.17, 15) is 0 Å².